The number of aliphatic carboxylic acids is 1. The minimum atomic E-state index is -1.58. The number of aromatic nitrogens is 2. The van der Waals surface area contributed by atoms with Crippen molar-refractivity contribution >= 4 is 46.6 Å². The van der Waals surface area contributed by atoms with Crippen LogP contribution in [0.2, 0.25) is 10.0 Å². The van der Waals surface area contributed by atoms with E-state index < -0.39 is 22.7 Å². The molecule has 3 aromatic rings. The maximum Gasteiger partial charge on any atom is 0.321 e. The van der Waals surface area contributed by atoms with Crippen molar-refractivity contribution in [3.05, 3.63) is 87.9 Å². The standard InChI is InChI=1S/C21H18Cl3N3O3/c22-14-6-7-16(17(23)8-14)19(28)21(24,13-4-2-1-3-5-13)11-26-18(20(29)30)9-15-10-25-12-27-15/h1-8,10,12,18,26H,9,11H2,(H,25,27)(H,29,30)/t18-,21?/m0/s1. The molecule has 6 nitrogen and oxygen atoms in total. The highest BCUT2D eigenvalue weighted by Gasteiger charge is 2.40. The van der Waals surface area contributed by atoms with Gasteiger partial charge in [-0.2, -0.15) is 0 Å². The van der Waals surface area contributed by atoms with Crippen LogP contribution in [-0.4, -0.2) is 39.4 Å². The molecule has 0 aliphatic rings. The van der Waals surface area contributed by atoms with Crippen molar-refractivity contribution < 1.29 is 14.7 Å². The Kier molecular flexibility index (Phi) is 7.15. The molecule has 30 heavy (non-hydrogen) atoms. The molecule has 0 amide bonds. The number of imidazole rings is 1. The Balaban J connectivity index is 1.92. The molecule has 0 spiro atoms. The first-order chi connectivity index (χ1) is 14.3. The lowest BCUT2D eigenvalue weighted by Gasteiger charge is -2.29. The first kappa shape index (κ1) is 22.3. The summed E-state index contributed by atoms with van der Waals surface area (Å²) in [5, 5.41) is 13.1. The molecule has 1 heterocycles. The second kappa shape index (κ2) is 9.62. The van der Waals surface area contributed by atoms with Crippen LogP contribution in [-0.2, 0) is 16.1 Å². The number of hydrogen-bond acceptors (Lipinski definition) is 4. The fourth-order valence-electron chi connectivity index (χ4n) is 3.03. The molecule has 0 saturated heterocycles. The summed E-state index contributed by atoms with van der Waals surface area (Å²) >= 11 is 19.1. The Morgan fingerprint density at radius 3 is 2.50 bits per heavy atom. The highest BCUT2D eigenvalue weighted by Crippen LogP contribution is 2.35. The lowest BCUT2D eigenvalue weighted by Crippen LogP contribution is -2.47. The van der Waals surface area contributed by atoms with Gasteiger partial charge < -0.3 is 15.4 Å². The fourth-order valence-corrected chi connectivity index (χ4v) is 3.83. The number of Topliss-reactive ketones (excluding diaryl/α,β-unsaturated/α-hetero) is 1. The summed E-state index contributed by atoms with van der Waals surface area (Å²) in [6, 6.07) is 12.3. The number of aromatic amines is 1. The molecule has 0 bridgehead atoms. The van der Waals surface area contributed by atoms with Gasteiger partial charge in [-0.1, -0.05) is 53.5 Å². The Morgan fingerprint density at radius 2 is 1.90 bits per heavy atom. The minimum absolute atomic E-state index is 0.137. The topological polar surface area (TPSA) is 95.1 Å². The first-order valence-electron chi connectivity index (χ1n) is 8.99. The summed E-state index contributed by atoms with van der Waals surface area (Å²) < 4.78 is 0. The molecule has 0 aliphatic carbocycles. The fraction of sp³-hybridized carbons (Fsp3) is 0.190. The van der Waals surface area contributed by atoms with Crippen LogP contribution in [0.4, 0.5) is 0 Å². The lowest BCUT2D eigenvalue weighted by molar-refractivity contribution is -0.139. The maximum atomic E-state index is 13.4. The van der Waals surface area contributed by atoms with Crippen molar-refractivity contribution in [1.82, 2.24) is 15.3 Å². The third-order valence-electron chi connectivity index (χ3n) is 4.64. The number of benzene rings is 2. The second-order valence-electron chi connectivity index (χ2n) is 6.67. The van der Waals surface area contributed by atoms with Crippen LogP contribution in [0, 0.1) is 0 Å². The van der Waals surface area contributed by atoms with E-state index in [1.807, 2.05) is 0 Å². The van der Waals surface area contributed by atoms with Crippen LogP contribution in [0.5, 0.6) is 0 Å². The minimum Gasteiger partial charge on any atom is -0.480 e. The van der Waals surface area contributed by atoms with Gasteiger partial charge in [-0.15, -0.1) is 11.6 Å². The quantitative estimate of drug-likeness (QED) is 0.322. The van der Waals surface area contributed by atoms with Crippen LogP contribution in [0.25, 0.3) is 0 Å². The van der Waals surface area contributed by atoms with Crippen molar-refractivity contribution in [3.8, 4) is 0 Å². The summed E-state index contributed by atoms with van der Waals surface area (Å²) in [4.78, 5) is 30.4. The Morgan fingerprint density at radius 1 is 1.17 bits per heavy atom. The number of nitrogens with one attached hydrogen (secondary N) is 2. The van der Waals surface area contributed by atoms with Gasteiger partial charge in [0.25, 0.3) is 0 Å². The Bertz CT molecular complexity index is 1030. The summed E-state index contributed by atoms with van der Waals surface area (Å²) in [7, 11) is 0. The van der Waals surface area contributed by atoms with E-state index in [-0.39, 0.29) is 23.6 Å². The molecule has 0 fully saturated rings. The molecule has 2 atom stereocenters. The van der Waals surface area contributed by atoms with E-state index in [1.54, 1.807) is 42.6 Å². The smallest absolute Gasteiger partial charge is 0.321 e. The highest BCUT2D eigenvalue weighted by molar-refractivity contribution is 6.42. The molecule has 2 aromatic carbocycles. The van der Waals surface area contributed by atoms with Gasteiger partial charge in [0.15, 0.2) is 5.78 Å². The van der Waals surface area contributed by atoms with E-state index in [1.165, 1.54) is 18.5 Å². The zero-order chi connectivity index (χ0) is 21.7. The van der Waals surface area contributed by atoms with Crippen molar-refractivity contribution in [2.45, 2.75) is 17.3 Å². The van der Waals surface area contributed by atoms with E-state index in [2.05, 4.69) is 15.3 Å². The zero-order valence-corrected chi connectivity index (χ0v) is 17.9. The number of carbonyl (C=O) groups is 2. The van der Waals surface area contributed by atoms with Crippen LogP contribution in [0.3, 0.4) is 0 Å². The molecule has 3 rings (SSSR count). The molecule has 156 valence electrons. The van der Waals surface area contributed by atoms with Gasteiger partial charge in [0, 0.05) is 35.4 Å². The molecule has 0 saturated carbocycles. The number of alkyl halides is 1. The van der Waals surface area contributed by atoms with Crippen molar-refractivity contribution in [1.29, 1.82) is 0 Å². The third-order valence-corrected chi connectivity index (χ3v) is 5.71. The largest absolute Gasteiger partial charge is 0.480 e. The summed E-state index contributed by atoms with van der Waals surface area (Å²) in [5.74, 6) is -1.54. The molecule has 9 heteroatoms. The lowest BCUT2D eigenvalue weighted by atomic mass is 9.89. The SMILES string of the molecule is O=C(O)[C@H](Cc1cnc[nH]1)NCC(Cl)(C(=O)c1ccc(Cl)cc1Cl)c1ccccc1. The molecule has 0 radical (unpaired) electrons. The van der Waals surface area contributed by atoms with Gasteiger partial charge in [0.05, 0.1) is 11.3 Å². The summed E-state index contributed by atoms with van der Waals surface area (Å²) in [6.45, 7) is -0.137. The van der Waals surface area contributed by atoms with Gasteiger partial charge in [-0.05, 0) is 23.8 Å². The average Bonchev–Trinajstić information content (AvgIpc) is 3.24. The van der Waals surface area contributed by atoms with E-state index in [9.17, 15) is 14.7 Å². The highest BCUT2D eigenvalue weighted by atomic mass is 35.5. The number of halogens is 3. The number of rotatable bonds is 9. The third kappa shape index (κ3) is 5.02. The van der Waals surface area contributed by atoms with Crippen LogP contribution >= 0.6 is 34.8 Å². The average molecular weight is 467 g/mol. The van der Waals surface area contributed by atoms with E-state index in [0.717, 1.165) is 0 Å². The van der Waals surface area contributed by atoms with Gasteiger partial charge in [-0.3, -0.25) is 9.59 Å². The van der Waals surface area contributed by atoms with E-state index in [0.29, 0.717) is 16.3 Å². The number of nitrogens with zero attached hydrogens (tertiary/aromatic N) is 1. The van der Waals surface area contributed by atoms with E-state index in [4.69, 9.17) is 34.8 Å². The van der Waals surface area contributed by atoms with Crippen molar-refractivity contribution in [2.24, 2.45) is 0 Å². The second-order valence-corrected chi connectivity index (χ2v) is 8.16. The molecular formula is C21H18Cl3N3O3. The maximum absolute atomic E-state index is 13.4. The molecule has 1 aromatic heterocycles. The van der Waals surface area contributed by atoms with Gasteiger partial charge in [0.2, 0.25) is 0 Å². The number of H-pyrrole nitrogens is 1. The van der Waals surface area contributed by atoms with Crippen LogP contribution < -0.4 is 5.32 Å². The normalized spacial score (nSPS) is 14.1. The summed E-state index contributed by atoms with van der Waals surface area (Å²) in [5.41, 5.74) is 1.35. The predicted octanol–water partition coefficient (Wildman–Crippen LogP) is 4.32. The van der Waals surface area contributed by atoms with Crippen LogP contribution in [0.15, 0.2) is 61.1 Å². The van der Waals surface area contributed by atoms with Gasteiger partial charge in [0.1, 0.15) is 10.9 Å². The van der Waals surface area contributed by atoms with Gasteiger partial charge >= 0.3 is 5.97 Å². The summed E-state index contributed by atoms with van der Waals surface area (Å²) in [6.07, 6.45) is 3.16. The monoisotopic (exact) mass is 465 g/mol. The molecule has 0 aliphatic heterocycles. The number of ketones is 1. The van der Waals surface area contributed by atoms with E-state index >= 15 is 0 Å². The Hall–Kier alpha value is -2.38. The van der Waals surface area contributed by atoms with Gasteiger partial charge in [-0.25, -0.2) is 4.98 Å². The predicted molar refractivity (Wildman–Crippen MR) is 116 cm³/mol. The number of carboxylic acid groups (broad SMARTS) is 1. The molecular weight excluding hydrogens is 449 g/mol. The molecule has 3 N–H and O–H groups in total. The zero-order valence-electron chi connectivity index (χ0n) is 15.6. The number of hydrogen-bond donors (Lipinski definition) is 3. The molecule has 1 unspecified atom stereocenters. The first-order valence-corrected chi connectivity index (χ1v) is 10.1. The van der Waals surface area contributed by atoms with Crippen molar-refractivity contribution in [3.63, 3.8) is 0 Å². The van der Waals surface area contributed by atoms with Crippen LogP contribution in [0.1, 0.15) is 21.6 Å². The number of carbonyl (C=O) groups excluding carboxylic acids is 1. The Labute approximate surface area is 188 Å². The number of carboxylic acids is 1. The van der Waals surface area contributed by atoms with Crippen molar-refractivity contribution in [2.75, 3.05) is 6.54 Å².